The van der Waals surface area contributed by atoms with Gasteiger partial charge in [-0.25, -0.2) is 9.78 Å². The number of thiophene rings is 1. The lowest BCUT2D eigenvalue weighted by Crippen LogP contribution is -2.38. The summed E-state index contributed by atoms with van der Waals surface area (Å²) in [6.45, 7) is 0.701. The number of hydrogen-bond donors (Lipinski definition) is 3. The van der Waals surface area contributed by atoms with Crippen LogP contribution in [0.5, 0.6) is 5.75 Å². The highest BCUT2D eigenvalue weighted by atomic mass is 32.2. The maximum absolute atomic E-state index is 12.9. The van der Waals surface area contributed by atoms with Crippen LogP contribution in [0, 0.1) is 5.41 Å². The van der Waals surface area contributed by atoms with E-state index in [1.54, 1.807) is 23.1 Å². The van der Waals surface area contributed by atoms with Gasteiger partial charge >= 0.3 is 12.1 Å². The first kappa shape index (κ1) is 31.1. The lowest BCUT2D eigenvalue weighted by Gasteiger charge is -2.29. The zero-order valence-electron chi connectivity index (χ0n) is 22.1. The Morgan fingerprint density at radius 3 is 2.62 bits per heavy atom. The highest BCUT2D eigenvalue weighted by molar-refractivity contribution is 8.00. The van der Waals surface area contributed by atoms with E-state index in [2.05, 4.69) is 6.07 Å². The molecule has 3 heterocycles. The lowest BCUT2D eigenvalue weighted by atomic mass is 10.0. The topological polar surface area (TPSA) is 130 Å². The van der Waals surface area contributed by atoms with Gasteiger partial charge in [-0.3, -0.25) is 10.2 Å². The summed E-state index contributed by atoms with van der Waals surface area (Å²) in [7, 11) is 0. The fourth-order valence-electron chi connectivity index (χ4n) is 4.10. The quantitative estimate of drug-likeness (QED) is 0.120. The van der Waals surface area contributed by atoms with Gasteiger partial charge in [-0.2, -0.15) is 13.2 Å². The number of carbonyl (C=O) groups excluding carboxylic acids is 1. The number of nitrogens with one attached hydrogen (secondary N) is 1. The number of amidine groups is 1. The van der Waals surface area contributed by atoms with Crippen molar-refractivity contribution in [2.24, 2.45) is 5.73 Å². The number of thioether (sulfide) groups is 1. The molecule has 4 N–H and O–H groups in total. The number of alkyl halides is 3. The van der Waals surface area contributed by atoms with Crippen molar-refractivity contribution in [2.75, 3.05) is 24.3 Å². The number of fused-ring (bicyclic) bond motifs is 1. The Hall–Kier alpha value is -3.88. The number of aliphatic carboxylic acids is 1. The molecule has 2 aromatic heterocycles. The second kappa shape index (κ2) is 13.4. The molecule has 14 heteroatoms. The highest BCUT2D eigenvalue weighted by Crippen LogP contribution is 2.40. The molecule has 5 rings (SSSR count). The summed E-state index contributed by atoms with van der Waals surface area (Å²) < 4.78 is 38.7. The molecule has 0 saturated carbocycles. The first-order valence-electron chi connectivity index (χ1n) is 12.4. The third-order valence-electron chi connectivity index (χ3n) is 6.03. The predicted molar refractivity (Wildman–Crippen MR) is 160 cm³/mol. The highest BCUT2D eigenvalue weighted by Gasteiger charge is 2.38. The van der Waals surface area contributed by atoms with Gasteiger partial charge in [-0.05, 0) is 48.9 Å². The van der Waals surface area contributed by atoms with Crippen molar-refractivity contribution in [3.05, 3.63) is 70.4 Å². The van der Waals surface area contributed by atoms with Gasteiger partial charge in [0.2, 0.25) is 0 Å². The van der Waals surface area contributed by atoms with Crippen LogP contribution in [-0.2, 0) is 16.0 Å². The minimum Gasteiger partial charge on any atom is -0.484 e. The number of halogens is 3. The van der Waals surface area contributed by atoms with Crippen molar-refractivity contribution < 1.29 is 32.6 Å². The number of anilines is 1. The summed E-state index contributed by atoms with van der Waals surface area (Å²) in [5.41, 5.74) is 10.7. The van der Waals surface area contributed by atoms with Crippen LogP contribution in [0.3, 0.4) is 0 Å². The van der Waals surface area contributed by atoms with E-state index in [0.717, 1.165) is 49.4 Å². The minimum absolute atomic E-state index is 0.0140. The molecule has 42 heavy (non-hydrogen) atoms. The summed E-state index contributed by atoms with van der Waals surface area (Å²) in [6.07, 6.45) is -1.11. The van der Waals surface area contributed by atoms with Crippen LogP contribution in [0.2, 0.25) is 0 Å². The van der Waals surface area contributed by atoms with Crippen LogP contribution >= 0.6 is 34.4 Å². The van der Waals surface area contributed by atoms with Crippen molar-refractivity contribution in [3.8, 4) is 27.6 Å². The molecule has 0 radical (unpaired) electrons. The summed E-state index contributed by atoms with van der Waals surface area (Å²) in [5.74, 6) is -2.09. The van der Waals surface area contributed by atoms with Gasteiger partial charge < -0.3 is 20.5 Å². The molecule has 8 nitrogen and oxygen atoms in total. The zero-order valence-corrected chi connectivity index (χ0v) is 24.6. The SMILES string of the molecule is CSc1sc(C(=N)N)cc1-c1nc(-c2cccc(OCC(=O)N3CCCc4ccccc43)c2)cs1.O=C(O)C(F)(F)F. The molecule has 0 spiro atoms. The molecule has 2 aromatic carbocycles. The van der Waals surface area contributed by atoms with E-state index in [9.17, 15) is 18.0 Å². The molecule has 1 aliphatic rings. The van der Waals surface area contributed by atoms with E-state index in [-0.39, 0.29) is 18.3 Å². The Labute approximate surface area is 251 Å². The average Bonchev–Trinajstić information content (AvgIpc) is 3.63. The van der Waals surface area contributed by atoms with Crippen molar-refractivity contribution in [3.63, 3.8) is 0 Å². The Morgan fingerprint density at radius 2 is 1.93 bits per heavy atom. The number of nitrogens with two attached hydrogens (primary N) is 1. The molecule has 0 aliphatic carbocycles. The zero-order chi connectivity index (χ0) is 30.4. The number of carboxylic acids is 1. The normalized spacial score (nSPS) is 12.6. The number of nitrogens with zero attached hydrogens (tertiary/aromatic N) is 2. The van der Waals surface area contributed by atoms with Crippen LogP contribution in [0.25, 0.3) is 21.8 Å². The number of hydrogen-bond acceptors (Lipinski definition) is 8. The number of para-hydroxylation sites is 1. The van der Waals surface area contributed by atoms with Crippen LogP contribution < -0.4 is 15.4 Å². The first-order chi connectivity index (χ1) is 20.0. The van der Waals surface area contributed by atoms with Gasteiger partial charge in [-0.15, -0.1) is 34.4 Å². The maximum atomic E-state index is 12.9. The first-order valence-corrected chi connectivity index (χ1v) is 15.3. The number of aromatic nitrogens is 1. The van der Waals surface area contributed by atoms with Gasteiger partial charge in [0, 0.05) is 28.7 Å². The summed E-state index contributed by atoms with van der Waals surface area (Å²) in [4.78, 5) is 29.2. The molecule has 1 aliphatic heterocycles. The number of carboxylic acid groups (broad SMARTS) is 1. The van der Waals surface area contributed by atoms with Crippen molar-refractivity contribution in [1.29, 1.82) is 5.41 Å². The second-order valence-corrected chi connectivity index (χ2v) is 11.8. The van der Waals surface area contributed by atoms with Crippen LogP contribution in [0.4, 0.5) is 18.9 Å². The number of thiazole rings is 1. The molecule has 4 aromatic rings. The van der Waals surface area contributed by atoms with Crippen molar-refractivity contribution in [1.82, 2.24) is 4.98 Å². The Morgan fingerprint density at radius 1 is 1.19 bits per heavy atom. The lowest BCUT2D eigenvalue weighted by molar-refractivity contribution is -0.192. The average molecular weight is 635 g/mol. The van der Waals surface area contributed by atoms with Crippen LogP contribution in [0.15, 0.2) is 64.2 Å². The van der Waals surface area contributed by atoms with Gasteiger partial charge in [0.25, 0.3) is 5.91 Å². The molecule has 0 bridgehead atoms. The van der Waals surface area contributed by atoms with Crippen LogP contribution in [-0.4, -0.2) is 53.4 Å². The monoisotopic (exact) mass is 634 g/mol. The Balaban J connectivity index is 0.000000517. The number of ether oxygens (including phenoxy) is 1. The number of nitrogen functional groups attached to an aromatic ring is 1. The van der Waals surface area contributed by atoms with Crippen molar-refractivity contribution >= 4 is 57.8 Å². The third kappa shape index (κ3) is 7.49. The Kier molecular flexibility index (Phi) is 9.91. The third-order valence-corrected chi connectivity index (χ3v) is 9.21. The van der Waals surface area contributed by atoms with E-state index >= 15 is 0 Å². The molecular weight excluding hydrogens is 610 g/mol. The van der Waals surface area contributed by atoms with E-state index in [0.29, 0.717) is 12.3 Å². The fourth-order valence-corrected chi connectivity index (χ4v) is 6.81. The van der Waals surface area contributed by atoms with E-state index in [1.807, 2.05) is 65.1 Å². The largest absolute Gasteiger partial charge is 0.490 e. The number of benzene rings is 2. The smallest absolute Gasteiger partial charge is 0.484 e. The summed E-state index contributed by atoms with van der Waals surface area (Å²) in [6, 6.07) is 17.7. The second-order valence-electron chi connectivity index (χ2n) is 8.86. The molecule has 0 saturated heterocycles. The van der Waals surface area contributed by atoms with Gasteiger partial charge in [0.1, 0.15) is 16.6 Å². The van der Waals surface area contributed by atoms with E-state index in [4.69, 9.17) is 30.8 Å². The standard InChI is InChI=1S/C26H24N4O2S3.C2HF3O2/c1-33-26-19(13-22(35-26)24(27)28)25-29-20(15-34-25)17-7-4-9-18(12-17)32-14-23(31)30-11-5-8-16-6-2-3-10-21(16)30;3-2(4,5)1(6)7/h2-4,6-7,9-10,12-13,15H,5,8,11,14H2,1H3,(H3,27,28);(H,6,7). The van der Waals surface area contributed by atoms with E-state index < -0.39 is 12.1 Å². The fraction of sp³-hybridized carbons (Fsp3) is 0.214. The molecule has 0 unspecified atom stereocenters. The number of amides is 1. The maximum Gasteiger partial charge on any atom is 0.490 e. The predicted octanol–water partition coefficient (Wildman–Crippen LogP) is 6.54. The van der Waals surface area contributed by atoms with E-state index in [1.165, 1.54) is 16.9 Å². The molecular formula is C28H25F3N4O4S3. The van der Waals surface area contributed by atoms with Crippen molar-refractivity contribution in [2.45, 2.75) is 23.2 Å². The van der Waals surface area contributed by atoms with Gasteiger partial charge in [0.15, 0.2) is 6.61 Å². The Bertz CT molecular complexity index is 1600. The summed E-state index contributed by atoms with van der Waals surface area (Å²) >= 11 is 4.70. The van der Waals surface area contributed by atoms with Crippen LogP contribution in [0.1, 0.15) is 16.9 Å². The number of carbonyl (C=O) groups is 2. The molecule has 0 fully saturated rings. The van der Waals surface area contributed by atoms with Gasteiger partial charge in [-0.1, -0.05) is 30.3 Å². The molecule has 0 atom stereocenters. The molecule has 220 valence electrons. The number of aryl methyl sites for hydroxylation is 1. The molecule has 1 amide bonds. The summed E-state index contributed by atoms with van der Waals surface area (Å²) in [5, 5.41) is 17.8. The minimum atomic E-state index is -5.08. The van der Waals surface area contributed by atoms with Gasteiger partial charge in [0.05, 0.1) is 14.8 Å². The number of rotatable bonds is 7.